The van der Waals surface area contributed by atoms with Crippen molar-refractivity contribution in [2.45, 2.75) is 0 Å². The first kappa shape index (κ1) is 17.5. The second kappa shape index (κ2) is 7.74. The molecule has 134 valence electrons. The Morgan fingerprint density at radius 1 is 0.577 bits per heavy atom. The molecule has 6 heteroatoms. The Kier molecular flexibility index (Phi) is 5.22. The highest BCUT2D eigenvalue weighted by atomic mass is 16.5. The quantitative estimate of drug-likeness (QED) is 0.672. The predicted octanol–water partition coefficient (Wildman–Crippen LogP) is 3.85. The van der Waals surface area contributed by atoms with E-state index in [0.29, 0.717) is 23.0 Å². The molecule has 0 radical (unpaired) electrons. The normalized spacial score (nSPS) is 10.3. The van der Waals surface area contributed by atoms with Crippen molar-refractivity contribution in [3.05, 3.63) is 48.8 Å². The van der Waals surface area contributed by atoms with Gasteiger partial charge in [0.2, 0.25) is 0 Å². The van der Waals surface area contributed by atoms with Crippen LogP contribution in [0.1, 0.15) is 0 Å². The van der Waals surface area contributed by atoms with Crippen LogP contribution in [0.15, 0.2) is 48.8 Å². The molecular weight excluding hydrogens is 332 g/mol. The van der Waals surface area contributed by atoms with Gasteiger partial charge in [0.25, 0.3) is 0 Å². The number of methoxy groups -OCH3 is 4. The van der Waals surface area contributed by atoms with Crippen LogP contribution in [0.4, 0.5) is 0 Å². The number of hydrogen-bond donors (Lipinski definition) is 0. The van der Waals surface area contributed by atoms with Gasteiger partial charge in [-0.2, -0.15) is 0 Å². The molecule has 0 aliphatic carbocycles. The van der Waals surface area contributed by atoms with E-state index in [2.05, 4.69) is 4.98 Å². The largest absolute Gasteiger partial charge is 0.493 e. The molecule has 0 amide bonds. The first-order valence-corrected chi connectivity index (χ1v) is 7.97. The summed E-state index contributed by atoms with van der Waals surface area (Å²) < 4.78 is 21.3. The van der Waals surface area contributed by atoms with Crippen LogP contribution in [-0.4, -0.2) is 38.4 Å². The number of nitrogens with zero attached hydrogens (tertiary/aromatic N) is 2. The fourth-order valence-electron chi connectivity index (χ4n) is 2.64. The molecule has 0 aliphatic heterocycles. The van der Waals surface area contributed by atoms with E-state index in [1.54, 1.807) is 40.8 Å². The second-order valence-electron chi connectivity index (χ2n) is 5.43. The van der Waals surface area contributed by atoms with Gasteiger partial charge in [0.1, 0.15) is 0 Å². The highest BCUT2D eigenvalue weighted by Crippen LogP contribution is 2.34. The van der Waals surface area contributed by atoms with Crippen molar-refractivity contribution in [2.24, 2.45) is 0 Å². The third kappa shape index (κ3) is 3.39. The molecule has 2 aromatic carbocycles. The Labute approximate surface area is 152 Å². The van der Waals surface area contributed by atoms with Gasteiger partial charge in [0, 0.05) is 11.1 Å². The predicted molar refractivity (Wildman–Crippen MR) is 99.1 cm³/mol. The third-order valence-electron chi connectivity index (χ3n) is 3.99. The summed E-state index contributed by atoms with van der Waals surface area (Å²) >= 11 is 0. The lowest BCUT2D eigenvalue weighted by atomic mass is 10.1. The van der Waals surface area contributed by atoms with Gasteiger partial charge in [0.15, 0.2) is 23.0 Å². The van der Waals surface area contributed by atoms with Crippen LogP contribution in [0.2, 0.25) is 0 Å². The van der Waals surface area contributed by atoms with E-state index < -0.39 is 0 Å². The fraction of sp³-hybridized carbons (Fsp3) is 0.200. The van der Waals surface area contributed by atoms with Crippen LogP contribution in [-0.2, 0) is 0 Å². The van der Waals surface area contributed by atoms with Crippen LogP contribution in [0, 0.1) is 0 Å². The third-order valence-corrected chi connectivity index (χ3v) is 3.99. The molecule has 0 saturated carbocycles. The van der Waals surface area contributed by atoms with Gasteiger partial charge in [0.05, 0.1) is 52.2 Å². The maximum atomic E-state index is 5.37. The summed E-state index contributed by atoms with van der Waals surface area (Å²) in [6, 6.07) is 11.3. The van der Waals surface area contributed by atoms with E-state index in [9.17, 15) is 0 Å². The molecule has 0 atom stereocenters. The van der Waals surface area contributed by atoms with Crippen molar-refractivity contribution < 1.29 is 18.9 Å². The van der Waals surface area contributed by atoms with E-state index in [1.807, 2.05) is 36.4 Å². The topological polar surface area (TPSA) is 62.7 Å². The van der Waals surface area contributed by atoms with Crippen LogP contribution in [0.3, 0.4) is 0 Å². The first-order chi connectivity index (χ1) is 12.7. The Bertz CT molecular complexity index is 841. The van der Waals surface area contributed by atoms with Crippen LogP contribution in [0.5, 0.6) is 23.0 Å². The van der Waals surface area contributed by atoms with Gasteiger partial charge in [-0.15, -0.1) is 0 Å². The summed E-state index contributed by atoms with van der Waals surface area (Å²) in [5, 5.41) is 0. The molecule has 0 fully saturated rings. The molecule has 0 spiro atoms. The average Bonchev–Trinajstić information content (AvgIpc) is 2.72. The lowest BCUT2D eigenvalue weighted by molar-refractivity contribution is 0.355. The average molecular weight is 352 g/mol. The zero-order valence-electron chi connectivity index (χ0n) is 15.1. The number of benzene rings is 2. The standard InChI is InChI=1S/C20H20N2O4/c1-23-17-7-5-13(9-19(17)25-3)15-11-21-12-16(22-15)14-6-8-18(24-2)20(10-14)26-4/h5-12H,1-4H3. The lowest BCUT2D eigenvalue weighted by Crippen LogP contribution is -1.94. The lowest BCUT2D eigenvalue weighted by Gasteiger charge is -2.11. The highest BCUT2D eigenvalue weighted by Gasteiger charge is 2.11. The number of ether oxygens (including phenoxy) is 4. The van der Waals surface area contributed by atoms with Crippen molar-refractivity contribution in [1.82, 2.24) is 9.97 Å². The minimum Gasteiger partial charge on any atom is -0.493 e. The molecular formula is C20H20N2O4. The zero-order chi connectivity index (χ0) is 18.5. The molecule has 1 heterocycles. The Hall–Kier alpha value is -3.28. The SMILES string of the molecule is COc1ccc(-c2cncc(-c3ccc(OC)c(OC)c3)n2)cc1OC. The maximum absolute atomic E-state index is 5.37. The summed E-state index contributed by atoms with van der Waals surface area (Å²) in [5.74, 6) is 2.62. The molecule has 0 bridgehead atoms. The molecule has 3 aromatic rings. The van der Waals surface area contributed by atoms with Crippen molar-refractivity contribution in [3.8, 4) is 45.5 Å². The van der Waals surface area contributed by atoms with Gasteiger partial charge in [-0.3, -0.25) is 4.98 Å². The van der Waals surface area contributed by atoms with Crippen LogP contribution in [0.25, 0.3) is 22.5 Å². The van der Waals surface area contributed by atoms with Crippen molar-refractivity contribution in [3.63, 3.8) is 0 Å². The number of hydrogen-bond acceptors (Lipinski definition) is 6. The van der Waals surface area contributed by atoms with Gasteiger partial charge in [-0.25, -0.2) is 4.98 Å². The van der Waals surface area contributed by atoms with Crippen molar-refractivity contribution >= 4 is 0 Å². The van der Waals surface area contributed by atoms with Gasteiger partial charge >= 0.3 is 0 Å². The molecule has 0 N–H and O–H groups in total. The summed E-state index contributed by atoms with van der Waals surface area (Å²) in [6.45, 7) is 0. The van der Waals surface area contributed by atoms with Gasteiger partial charge in [-0.1, -0.05) is 0 Å². The summed E-state index contributed by atoms with van der Waals surface area (Å²) in [4.78, 5) is 9.05. The Morgan fingerprint density at radius 3 is 1.38 bits per heavy atom. The van der Waals surface area contributed by atoms with E-state index in [4.69, 9.17) is 23.9 Å². The maximum Gasteiger partial charge on any atom is 0.161 e. The molecule has 3 rings (SSSR count). The van der Waals surface area contributed by atoms with Gasteiger partial charge < -0.3 is 18.9 Å². The van der Waals surface area contributed by atoms with Crippen LogP contribution < -0.4 is 18.9 Å². The number of rotatable bonds is 6. The van der Waals surface area contributed by atoms with E-state index in [-0.39, 0.29) is 0 Å². The highest BCUT2D eigenvalue weighted by molar-refractivity contribution is 5.68. The smallest absolute Gasteiger partial charge is 0.161 e. The van der Waals surface area contributed by atoms with E-state index in [1.165, 1.54) is 0 Å². The van der Waals surface area contributed by atoms with Crippen molar-refractivity contribution in [1.29, 1.82) is 0 Å². The first-order valence-electron chi connectivity index (χ1n) is 7.97. The van der Waals surface area contributed by atoms with Crippen molar-refractivity contribution in [2.75, 3.05) is 28.4 Å². The Morgan fingerprint density at radius 2 is 1.00 bits per heavy atom. The Balaban J connectivity index is 2.01. The fourth-order valence-corrected chi connectivity index (χ4v) is 2.64. The minimum absolute atomic E-state index is 0.642. The molecule has 6 nitrogen and oxygen atoms in total. The molecule has 0 aliphatic rings. The summed E-state index contributed by atoms with van der Waals surface area (Å²) in [7, 11) is 6.42. The summed E-state index contributed by atoms with van der Waals surface area (Å²) in [6.07, 6.45) is 3.43. The molecule has 0 unspecified atom stereocenters. The number of aromatic nitrogens is 2. The van der Waals surface area contributed by atoms with E-state index >= 15 is 0 Å². The van der Waals surface area contributed by atoms with Crippen LogP contribution >= 0.6 is 0 Å². The minimum atomic E-state index is 0.642. The van der Waals surface area contributed by atoms with Gasteiger partial charge in [-0.05, 0) is 36.4 Å². The second-order valence-corrected chi connectivity index (χ2v) is 5.43. The molecule has 0 saturated heterocycles. The molecule has 1 aromatic heterocycles. The summed E-state index contributed by atoms with van der Waals surface area (Å²) in [5.41, 5.74) is 3.24. The zero-order valence-corrected chi connectivity index (χ0v) is 15.1. The monoisotopic (exact) mass is 352 g/mol. The molecule has 26 heavy (non-hydrogen) atoms. The van der Waals surface area contributed by atoms with E-state index in [0.717, 1.165) is 22.5 Å².